The van der Waals surface area contributed by atoms with E-state index in [1.807, 2.05) is 24.3 Å². The fourth-order valence-electron chi connectivity index (χ4n) is 2.23. The molecule has 0 bridgehead atoms. The molecule has 0 spiro atoms. The number of benzene rings is 2. The average molecular weight is 272 g/mol. The molecular formula is C14H12N2O2S. The molecule has 5 heteroatoms. The zero-order valence-corrected chi connectivity index (χ0v) is 10.8. The Balaban J connectivity index is 2.34. The van der Waals surface area contributed by atoms with Gasteiger partial charge in [-0.3, -0.25) is 0 Å². The van der Waals surface area contributed by atoms with Crippen LogP contribution in [0.2, 0.25) is 0 Å². The summed E-state index contributed by atoms with van der Waals surface area (Å²) in [6, 6.07) is 14.5. The van der Waals surface area contributed by atoms with Gasteiger partial charge in [0.1, 0.15) is 0 Å². The standard InChI is InChI=1S/C14H12N2O2S/c15-19(17,18)14-8-4-2-6-11(14)12-9-16-13-7-3-1-5-10(12)13/h1-9,16H,(H2,15,17,18). The molecule has 19 heavy (non-hydrogen) atoms. The van der Waals surface area contributed by atoms with E-state index in [0.717, 1.165) is 16.5 Å². The average Bonchev–Trinajstić information content (AvgIpc) is 2.81. The van der Waals surface area contributed by atoms with E-state index in [9.17, 15) is 8.42 Å². The summed E-state index contributed by atoms with van der Waals surface area (Å²) in [5, 5.41) is 6.24. The predicted molar refractivity (Wildman–Crippen MR) is 75.1 cm³/mol. The lowest BCUT2D eigenvalue weighted by Crippen LogP contribution is -2.13. The second-order valence-corrected chi connectivity index (χ2v) is 5.82. The van der Waals surface area contributed by atoms with Crippen molar-refractivity contribution in [2.75, 3.05) is 0 Å². The highest BCUT2D eigenvalue weighted by Gasteiger charge is 2.16. The second-order valence-electron chi connectivity index (χ2n) is 4.29. The lowest BCUT2D eigenvalue weighted by Gasteiger charge is -2.06. The highest BCUT2D eigenvalue weighted by atomic mass is 32.2. The summed E-state index contributed by atoms with van der Waals surface area (Å²) < 4.78 is 23.3. The summed E-state index contributed by atoms with van der Waals surface area (Å²) in [4.78, 5) is 3.27. The number of sulfonamides is 1. The molecule has 2 aromatic carbocycles. The molecule has 3 rings (SSSR count). The SMILES string of the molecule is NS(=O)(=O)c1ccccc1-c1c[nH]c2ccccc12. The van der Waals surface area contributed by atoms with Crippen LogP contribution in [-0.4, -0.2) is 13.4 Å². The highest BCUT2D eigenvalue weighted by Crippen LogP contribution is 2.32. The van der Waals surface area contributed by atoms with Crippen molar-refractivity contribution in [1.82, 2.24) is 4.98 Å². The molecule has 0 aliphatic carbocycles. The van der Waals surface area contributed by atoms with Crippen LogP contribution in [0.1, 0.15) is 0 Å². The molecular weight excluding hydrogens is 260 g/mol. The molecule has 3 aromatic rings. The van der Waals surface area contributed by atoms with Crippen LogP contribution in [-0.2, 0) is 10.0 Å². The van der Waals surface area contributed by atoms with E-state index in [4.69, 9.17) is 5.14 Å². The smallest absolute Gasteiger partial charge is 0.238 e. The van der Waals surface area contributed by atoms with Crippen molar-refractivity contribution in [1.29, 1.82) is 0 Å². The number of nitrogens with two attached hydrogens (primary N) is 1. The molecule has 0 radical (unpaired) electrons. The van der Waals surface area contributed by atoms with Gasteiger partial charge in [-0.25, -0.2) is 13.6 Å². The molecule has 0 saturated heterocycles. The highest BCUT2D eigenvalue weighted by molar-refractivity contribution is 7.89. The number of para-hydroxylation sites is 1. The normalized spacial score (nSPS) is 11.8. The topological polar surface area (TPSA) is 76.0 Å². The maximum atomic E-state index is 11.7. The van der Waals surface area contributed by atoms with Crippen molar-refractivity contribution >= 4 is 20.9 Å². The maximum Gasteiger partial charge on any atom is 0.238 e. The van der Waals surface area contributed by atoms with Crippen molar-refractivity contribution in [2.24, 2.45) is 5.14 Å². The first-order valence-corrected chi connectivity index (χ1v) is 7.30. The molecule has 1 heterocycles. The van der Waals surface area contributed by atoms with Gasteiger partial charge < -0.3 is 4.98 Å². The lowest BCUT2D eigenvalue weighted by molar-refractivity contribution is 0.598. The molecule has 0 amide bonds. The summed E-state index contributed by atoms with van der Waals surface area (Å²) in [6.07, 6.45) is 1.80. The van der Waals surface area contributed by atoms with Gasteiger partial charge in [-0.15, -0.1) is 0 Å². The van der Waals surface area contributed by atoms with E-state index in [1.165, 1.54) is 6.07 Å². The fourth-order valence-corrected chi connectivity index (χ4v) is 2.98. The van der Waals surface area contributed by atoms with Crippen molar-refractivity contribution < 1.29 is 8.42 Å². The van der Waals surface area contributed by atoms with Gasteiger partial charge in [-0.2, -0.15) is 0 Å². The Bertz CT molecular complexity index is 851. The largest absolute Gasteiger partial charge is 0.361 e. The number of rotatable bonds is 2. The Hall–Kier alpha value is -2.11. The number of hydrogen-bond donors (Lipinski definition) is 2. The summed E-state index contributed by atoms with van der Waals surface area (Å²) in [6.45, 7) is 0. The van der Waals surface area contributed by atoms with Crippen LogP contribution < -0.4 is 5.14 Å². The third-order valence-electron chi connectivity index (χ3n) is 3.07. The number of aromatic amines is 1. The van der Waals surface area contributed by atoms with E-state index in [0.29, 0.717) is 5.56 Å². The quantitative estimate of drug-likeness (QED) is 0.752. The zero-order chi connectivity index (χ0) is 13.5. The number of H-pyrrole nitrogens is 1. The molecule has 0 unspecified atom stereocenters. The van der Waals surface area contributed by atoms with Crippen LogP contribution >= 0.6 is 0 Å². The Morgan fingerprint density at radius 2 is 1.58 bits per heavy atom. The van der Waals surface area contributed by atoms with Crippen LogP contribution in [0.4, 0.5) is 0 Å². The Morgan fingerprint density at radius 1 is 0.895 bits per heavy atom. The minimum atomic E-state index is -3.74. The fraction of sp³-hybridized carbons (Fsp3) is 0. The van der Waals surface area contributed by atoms with Crippen LogP contribution in [0.3, 0.4) is 0 Å². The zero-order valence-electron chi connectivity index (χ0n) is 10.00. The second kappa shape index (κ2) is 4.22. The number of hydrogen-bond acceptors (Lipinski definition) is 2. The molecule has 0 aliphatic rings. The number of primary sulfonamides is 1. The third kappa shape index (κ3) is 2.03. The lowest BCUT2D eigenvalue weighted by atomic mass is 10.1. The van der Waals surface area contributed by atoms with Crippen LogP contribution in [0.25, 0.3) is 22.0 Å². The van der Waals surface area contributed by atoms with Crippen molar-refractivity contribution in [2.45, 2.75) is 4.90 Å². The third-order valence-corrected chi connectivity index (χ3v) is 4.04. The van der Waals surface area contributed by atoms with Crippen LogP contribution in [0, 0.1) is 0 Å². The van der Waals surface area contributed by atoms with E-state index in [2.05, 4.69) is 4.98 Å². The van der Waals surface area contributed by atoms with Gasteiger partial charge >= 0.3 is 0 Å². The van der Waals surface area contributed by atoms with E-state index in [1.54, 1.807) is 24.4 Å². The van der Waals surface area contributed by atoms with Crippen molar-refractivity contribution in [3.05, 3.63) is 54.7 Å². The number of fused-ring (bicyclic) bond motifs is 1. The molecule has 0 atom stereocenters. The summed E-state index contributed by atoms with van der Waals surface area (Å²) >= 11 is 0. The van der Waals surface area contributed by atoms with Gasteiger partial charge in [0.2, 0.25) is 10.0 Å². The molecule has 0 aliphatic heterocycles. The Kier molecular flexibility index (Phi) is 2.66. The van der Waals surface area contributed by atoms with Gasteiger partial charge in [-0.05, 0) is 12.1 Å². The first kappa shape index (κ1) is 12.0. The Labute approximate surface area is 110 Å². The molecule has 0 fully saturated rings. The van der Waals surface area contributed by atoms with Crippen LogP contribution in [0.15, 0.2) is 59.6 Å². The molecule has 3 N–H and O–H groups in total. The summed E-state index contributed by atoms with van der Waals surface area (Å²) in [5.41, 5.74) is 2.41. The molecule has 4 nitrogen and oxygen atoms in total. The van der Waals surface area contributed by atoms with Gasteiger partial charge in [0.25, 0.3) is 0 Å². The molecule has 0 saturated carbocycles. The van der Waals surface area contributed by atoms with Crippen LogP contribution in [0.5, 0.6) is 0 Å². The van der Waals surface area contributed by atoms with Gasteiger partial charge in [0.15, 0.2) is 0 Å². The number of aromatic nitrogens is 1. The van der Waals surface area contributed by atoms with Gasteiger partial charge in [-0.1, -0.05) is 36.4 Å². The first-order chi connectivity index (χ1) is 9.07. The minimum absolute atomic E-state index is 0.139. The van der Waals surface area contributed by atoms with Crippen molar-refractivity contribution in [3.63, 3.8) is 0 Å². The van der Waals surface area contributed by atoms with E-state index < -0.39 is 10.0 Å². The molecule has 96 valence electrons. The predicted octanol–water partition coefficient (Wildman–Crippen LogP) is 2.48. The van der Waals surface area contributed by atoms with E-state index in [-0.39, 0.29) is 4.90 Å². The maximum absolute atomic E-state index is 11.7. The van der Waals surface area contributed by atoms with Crippen molar-refractivity contribution in [3.8, 4) is 11.1 Å². The minimum Gasteiger partial charge on any atom is -0.361 e. The summed E-state index contributed by atoms with van der Waals surface area (Å²) in [5.74, 6) is 0. The Morgan fingerprint density at radius 3 is 2.37 bits per heavy atom. The van der Waals surface area contributed by atoms with E-state index >= 15 is 0 Å². The summed E-state index contributed by atoms with van der Waals surface area (Å²) in [7, 11) is -3.74. The monoisotopic (exact) mass is 272 g/mol. The number of nitrogens with one attached hydrogen (secondary N) is 1. The first-order valence-electron chi connectivity index (χ1n) is 5.76. The van der Waals surface area contributed by atoms with Gasteiger partial charge in [0.05, 0.1) is 4.90 Å². The molecule has 1 aromatic heterocycles. The van der Waals surface area contributed by atoms with Gasteiger partial charge in [0, 0.05) is 28.2 Å².